The molecule has 10 heteroatoms. The highest BCUT2D eigenvalue weighted by Gasteiger charge is 2.33. The summed E-state index contributed by atoms with van der Waals surface area (Å²) in [4.78, 5) is 39.9. The van der Waals surface area contributed by atoms with Crippen LogP contribution in [0.1, 0.15) is 27.2 Å². The molecule has 0 aromatic heterocycles. The van der Waals surface area contributed by atoms with Crippen LogP contribution in [0.15, 0.2) is 35.5 Å². The zero-order valence-electron chi connectivity index (χ0n) is 19.6. The van der Waals surface area contributed by atoms with E-state index in [0.29, 0.717) is 30.9 Å². The van der Waals surface area contributed by atoms with Crippen LogP contribution in [-0.4, -0.2) is 75.3 Å². The number of hydrogen-bond acceptors (Lipinski definition) is 9. The van der Waals surface area contributed by atoms with Gasteiger partial charge in [-0.1, -0.05) is 0 Å². The van der Waals surface area contributed by atoms with Crippen LogP contribution in [-0.2, 0) is 28.5 Å². The van der Waals surface area contributed by atoms with Crippen LogP contribution < -0.4 is 9.64 Å². The number of carbonyl (C=O) groups is 3. The Labute approximate surface area is 193 Å². The molecule has 0 bridgehead atoms. The number of hydrogen-bond donors (Lipinski definition) is 0. The SMILES string of the molecule is COC(=O)C1=C(C(=O)OC)N(c2ccc(OC3CCN(C(=O)OC(C)(C)C)C3)cc2)COC1. The number of rotatable bonds is 5. The van der Waals surface area contributed by atoms with Gasteiger partial charge < -0.3 is 33.5 Å². The molecule has 2 aliphatic heterocycles. The maximum atomic E-state index is 12.4. The Balaban J connectivity index is 1.69. The van der Waals surface area contributed by atoms with Gasteiger partial charge in [-0.15, -0.1) is 0 Å². The molecule has 180 valence electrons. The maximum Gasteiger partial charge on any atom is 0.410 e. The summed E-state index contributed by atoms with van der Waals surface area (Å²) in [6, 6.07) is 7.02. The molecule has 0 N–H and O–H groups in total. The van der Waals surface area contributed by atoms with Crippen LogP contribution in [0.5, 0.6) is 5.75 Å². The van der Waals surface area contributed by atoms with E-state index in [1.807, 2.05) is 20.8 Å². The van der Waals surface area contributed by atoms with E-state index >= 15 is 0 Å². The lowest BCUT2D eigenvalue weighted by molar-refractivity contribution is -0.140. The quantitative estimate of drug-likeness (QED) is 0.482. The second-order valence-corrected chi connectivity index (χ2v) is 8.66. The molecular formula is C23H30N2O8. The van der Waals surface area contributed by atoms with E-state index in [-0.39, 0.29) is 36.8 Å². The number of methoxy groups -OCH3 is 2. The van der Waals surface area contributed by atoms with Crippen LogP contribution in [0, 0.1) is 0 Å². The summed E-state index contributed by atoms with van der Waals surface area (Å²) in [5.74, 6) is -0.701. The number of nitrogens with zero attached hydrogens (tertiary/aromatic N) is 2. The van der Waals surface area contributed by atoms with Gasteiger partial charge in [0.15, 0.2) is 0 Å². The van der Waals surface area contributed by atoms with Gasteiger partial charge in [0.2, 0.25) is 0 Å². The van der Waals surface area contributed by atoms with Crippen molar-refractivity contribution in [2.24, 2.45) is 0 Å². The van der Waals surface area contributed by atoms with Crippen LogP contribution in [0.3, 0.4) is 0 Å². The van der Waals surface area contributed by atoms with Gasteiger partial charge >= 0.3 is 18.0 Å². The molecule has 10 nitrogen and oxygen atoms in total. The smallest absolute Gasteiger partial charge is 0.410 e. The summed E-state index contributed by atoms with van der Waals surface area (Å²) in [7, 11) is 2.49. The minimum Gasteiger partial charge on any atom is -0.489 e. The molecule has 33 heavy (non-hydrogen) atoms. The second-order valence-electron chi connectivity index (χ2n) is 8.66. The van der Waals surface area contributed by atoms with Gasteiger partial charge in [0.25, 0.3) is 0 Å². The zero-order chi connectivity index (χ0) is 24.2. The minimum absolute atomic E-state index is 0.0510. The van der Waals surface area contributed by atoms with Gasteiger partial charge in [0.1, 0.15) is 29.9 Å². The van der Waals surface area contributed by atoms with Crippen molar-refractivity contribution in [2.45, 2.75) is 38.9 Å². The van der Waals surface area contributed by atoms with Crippen molar-refractivity contribution < 1.29 is 38.1 Å². The van der Waals surface area contributed by atoms with E-state index in [2.05, 4.69) is 0 Å². The van der Waals surface area contributed by atoms with Gasteiger partial charge in [-0.3, -0.25) is 0 Å². The summed E-state index contributed by atoms with van der Waals surface area (Å²) in [5, 5.41) is 0. The van der Waals surface area contributed by atoms with Crippen molar-refractivity contribution in [3.63, 3.8) is 0 Å². The Hall–Kier alpha value is -3.27. The Kier molecular flexibility index (Phi) is 7.47. The van der Waals surface area contributed by atoms with Crippen molar-refractivity contribution in [3.8, 4) is 5.75 Å². The molecule has 1 aromatic rings. The average molecular weight is 462 g/mol. The predicted molar refractivity (Wildman–Crippen MR) is 118 cm³/mol. The monoisotopic (exact) mass is 462 g/mol. The molecular weight excluding hydrogens is 432 g/mol. The van der Waals surface area contributed by atoms with Gasteiger partial charge in [-0.25, -0.2) is 14.4 Å². The first kappa shape index (κ1) is 24.4. The van der Waals surface area contributed by atoms with E-state index in [4.69, 9.17) is 23.7 Å². The molecule has 1 atom stereocenters. The lowest BCUT2D eigenvalue weighted by Crippen LogP contribution is -2.38. The highest BCUT2D eigenvalue weighted by molar-refractivity contribution is 6.03. The highest BCUT2D eigenvalue weighted by Crippen LogP contribution is 2.29. The van der Waals surface area contributed by atoms with Gasteiger partial charge in [-0.2, -0.15) is 0 Å². The lowest BCUT2D eigenvalue weighted by Gasteiger charge is -2.31. The largest absolute Gasteiger partial charge is 0.489 e. The van der Waals surface area contributed by atoms with Gasteiger partial charge in [0, 0.05) is 18.7 Å². The molecule has 1 amide bonds. The van der Waals surface area contributed by atoms with Crippen LogP contribution in [0.2, 0.25) is 0 Å². The summed E-state index contributed by atoms with van der Waals surface area (Å²) in [6.07, 6.45) is 0.189. The van der Waals surface area contributed by atoms with Gasteiger partial charge in [0.05, 0.1) is 32.9 Å². The first-order chi connectivity index (χ1) is 15.6. The van der Waals surface area contributed by atoms with Crippen LogP contribution in [0.4, 0.5) is 10.5 Å². The van der Waals surface area contributed by atoms with E-state index < -0.39 is 17.5 Å². The fourth-order valence-electron chi connectivity index (χ4n) is 3.56. The molecule has 1 fully saturated rings. The first-order valence-electron chi connectivity index (χ1n) is 10.6. The fraction of sp³-hybridized carbons (Fsp3) is 0.522. The molecule has 3 rings (SSSR count). The summed E-state index contributed by atoms with van der Waals surface area (Å²) in [5.41, 5.74) is 0.234. The third kappa shape index (κ3) is 5.95. The molecule has 1 saturated heterocycles. The van der Waals surface area contributed by atoms with Crippen molar-refractivity contribution in [1.29, 1.82) is 0 Å². The summed E-state index contributed by atoms with van der Waals surface area (Å²) in [6.45, 7) is 6.51. The molecule has 0 saturated carbocycles. The maximum absolute atomic E-state index is 12.4. The van der Waals surface area contributed by atoms with Crippen molar-refractivity contribution in [1.82, 2.24) is 4.90 Å². The van der Waals surface area contributed by atoms with E-state index in [0.717, 1.165) is 0 Å². The molecule has 0 aliphatic carbocycles. The highest BCUT2D eigenvalue weighted by atomic mass is 16.6. The topological polar surface area (TPSA) is 104 Å². The van der Waals surface area contributed by atoms with Crippen LogP contribution >= 0.6 is 0 Å². The Morgan fingerprint density at radius 3 is 2.30 bits per heavy atom. The third-order valence-corrected chi connectivity index (χ3v) is 5.08. The fourth-order valence-corrected chi connectivity index (χ4v) is 3.56. The predicted octanol–water partition coefficient (Wildman–Crippen LogP) is 2.47. The van der Waals surface area contributed by atoms with Gasteiger partial charge in [-0.05, 0) is 45.0 Å². The van der Waals surface area contributed by atoms with Crippen molar-refractivity contribution in [2.75, 3.05) is 45.5 Å². The van der Waals surface area contributed by atoms with E-state index in [1.54, 1.807) is 34.1 Å². The average Bonchev–Trinajstić information content (AvgIpc) is 3.25. The second kappa shape index (κ2) is 10.1. The Bertz CT molecular complexity index is 919. The van der Waals surface area contributed by atoms with E-state index in [1.165, 1.54) is 14.2 Å². The molecule has 0 radical (unpaired) electrons. The Morgan fingerprint density at radius 2 is 1.70 bits per heavy atom. The summed E-state index contributed by atoms with van der Waals surface area (Å²) < 4.78 is 26.6. The molecule has 0 spiro atoms. The molecule has 1 unspecified atom stereocenters. The number of ether oxygens (including phenoxy) is 5. The Morgan fingerprint density at radius 1 is 1.03 bits per heavy atom. The number of anilines is 1. The lowest BCUT2D eigenvalue weighted by atomic mass is 10.1. The number of benzene rings is 1. The standard InChI is InChI=1S/C23H30N2O8/c1-23(2,3)33-22(28)24-11-10-17(12-24)32-16-8-6-15(7-9-16)25-14-31-13-18(20(26)29-4)19(25)21(27)30-5/h6-9,17H,10-14H2,1-5H3. The normalized spacial score (nSPS) is 18.8. The van der Waals surface area contributed by atoms with Crippen molar-refractivity contribution in [3.05, 3.63) is 35.5 Å². The zero-order valence-corrected chi connectivity index (χ0v) is 19.6. The molecule has 2 aliphatic rings. The number of likely N-dealkylation sites (tertiary alicyclic amines) is 1. The first-order valence-corrected chi connectivity index (χ1v) is 10.6. The number of esters is 2. The molecule has 2 heterocycles. The van der Waals surface area contributed by atoms with E-state index in [9.17, 15) is 14.4 Å². The summed E-state index contributed by atoms with van der Waals surface area (Å²) >= 11 is 0. The third-order valence-electron chi connectivity index (χ3n) is 5.08. The minimum atomic E-state index is -0.660. The number of carbonyl (C=O) groups excluding carboxylic acids is 3. The van der Waals surface area contributed by atoms with Crippen LogP contribution in [0.25, 0.3) is 0 Å². The molecule has 1 aromatic carbocycles. The van der Waals surface area contributed by atoms with Crippen molar-refractivity contribution >= 4 is 23.7 Å². The number of amides is 1.